The molecule has 1 unspecified atom stereocenters. The predicted octanol–water partition coefficient (Wildman–Crippen LogP) is 0.164. The van der Waals surface area contributed by atoms with Crippen molar-refractivity contribution in [2.24, 2.45) is 0 Å². The summed E-state index contributed by atoms with van der Waals surface area (Å²) in [5.74, 6) is 0.280. The highest BCUT2D eigenvalue weighted by Gasteiger charge is 2.13. The number of halogens is 1. The van der Waals surface area contributed by atoms with Crippen LogP contribution in [0.3, 0.4) is 0 Å². The first kappa shape index (κ1) is 10.1. The summed E-state index contributed by atoms with van der Waals surface area (Å²) in [7, 11) is 0. The molecule has 0 radical (unpaired) electrons. The van der Waals surface area contributed by atoms with Gasteiger partial charge in [0.05, 0.1) is 0 Å². The van der Waals surface area contributed by atoms with E-state index in [1.807, 2.05) is 6.92 Å². The Hall–Kier alpha value is 0.0700. The van der Waals surface area contributed by atoms with Crippen molar-refractivity contribution in [1.29, 1.82) is 0 Å². The average Bonchev–Trinajstić information content (AvgIpc) is 1.91. The van der Waals surface area contributed by atoms with Crippen LogP contribution in [0.2, 0.25) is 0 Å². The van der Waals surface area contributed by atoms with Crippen molar-refractivity contribution in [2.75, 3.05) is 12.3 Å². The second kappa shape index (κ2) is 5.82. The van der Waals surface area contributed by atoms with Crippen LogP contribution < -0.4 is 10.2 Å². The maximum absolute atomic E-state index is 10.9. The third-order valence-corrected chi connectivity index (χ3v) is 1.61. The lowest BCUT2D eigenvalue weighted by Crippen LogP contribution is -2.41. The lowest BCUT2D eigenvalue weighted by atomic mass is 10.3. The van der Waals surface area contributed by atoms with E-state index >= 15 is 0 Å². The fourth-order valence-corrected chi connectivity index (χ4v) is 1.01. The Kier molecular flexibility index (Phi) is 5.87. The second-order valence-electron chi connectivity index (χ2n) is 1.74. The maximum atomic E-state index is 10.9. The first-order chi connectivity index (χ1) is 4.76. The van der Waals surface area contributed by atoms with Gasteiger partial charge in [-0.2, -0.15) is 12.6 Å². The predicted molar refractivity (Wildman–Crippen MR) is 45.3 cm³/mol. The number of hydrogen-bond acceptors (Lipinski definition) is 3. The molecule has 0 aliphatic heterocycles. The van der Waals surface area contributed by atoms with Crippen molar-refractivity contribution in [3.05, 3.63) is 0 Å². The number of thiol groups is 1. The molecule has 0 spiro atoms. The van der Waals surface area contributed by atoms with Gasteiger partial charge in [-0.15, -0.1) is 0 Å². The van der Waals surface area contributed by atoms with E-state index < -0.39 is 6.04 Å². The van der Waals surface area contributed by atoms with Crippen LogP contribution in [-0.2, 0) is 4.79 Å². The van der Waals surface area contributed by atoms with E-state index in [4.69, 9.17) is 11.8 Å². The first-order valence-electron chi connectivity index (χ1n) is 3.01. The average molecular weight is 183 g/mol. The van der Waals surface area contributed by atoms with Crippen molar-refractivity contribution in [2.45, 2.75) is 13.0 Å². The molecule has 2 N–H and O–H groups in total. The molecule has 0 aromatic carbocycles. The summed E-state index contributed by atoms with van der Waals surface area (Å²) in [6, 6.07) is -0.398. The SMILES string of the molecule is CCNC(=O)C(CS)NCl. The van der Waals surface area contributed by atoms with E-state index in [0.29, 0.717) is 12.3 Å². The van der Waals surface area contributed by atoms with Gasteiger partial charge in [0.25, 0.3) is 0 Å². The quantitative estimate of drug-likeness (QED) is 0.429. The molecule has 0 aromatic heterocycles. The van der Waals surface area contributed by atoms with Gasteiger partial charge in [0, 0.05) is 12.3 Å². The van der Waals surface area contributed by atoms with Crippen molar-refractivity contribution in [1.82, 2.24) is 10.2 Å². The second-order valence-corrected chi connectivity index (χ2v) is 2.32. The number of rotatable bonds is 4. The molecule has 0 saturated heterocycles. The molecule has 0 fully saturated rings. The minimum atomic E-state index is -0.398. The van der Waals surface area contributed by atoms with Crippen LogP contribution in [0.1, 0.15) is 6.92 Å². The van der Waals surface area contributed by atoms with Crippen molar-refractivity contribution in [3.63, 3.8) is 0 Å². The van der Waals surface area contributed by atoms with Crippen LogP contribution in [0.5, 0.6) is 0 Å². The molecule has 0 rings (SSSR count). The standard InChI is InChI=1S/C5H11ClN2OS/c1-2-7-5(9)4(3-10)8-6/h4,8,10H,2-3H2,1H3,(H,7,9). The number of likely N-dealkylation sites (N-methyl/N-ethyl adjacent to an activating group) is 1. The number of carbonyl (C=O) groups is 1. The van der Waals surface area contributed by atoms with E-state index in [2.05, 4.69) is 22.8 Å². The van der Waals surface area contributed by atoms with Gasteiger partial charge >= 0.3 is 0 Å². The molecule has 0 aromatic rings. The summed E-state index contributed by atoms with van der Waals surface area (Å²) in [6.07, 6.45) is 0. The van der Waals surface area contributed by atoms with Crippen LogP contribution in [0, 0.1) is 0 Å². The lowest BCUT2D eigenvalue weighted by molar-refractivity contribution is -0.122. The van der Waals surface area contributed by atoms with Crippen molar-refractivity contribution < 1.29 is 4.79 Å². The van der Waals surface area contributed by atoms with E-state index in [-0.39, 0.29) is 5.91 Å². The van der Waals surface area contributed by atoms with Gasteiger partial charge in [-0.3, -0.25) is 4.79 Å². The number of carbonyl (C=O) groups excluding carboxylic acids is 1. The molecule has 60 valence electrons. The fourth-order valence-electron chi connectivity index (χ4n) is 0.464. The Morgan fingerprint density at radius 2 is 2.40 bits per heavy atom. The number of hydrogen-bond donors (Lipinski definition) is 3. The van der Waals surface area contributed by atoms with Crippen LogP contribution in [0.15, 0.2) is 0 Å². The molecule has 5 heteroatoms. The van der Waals surface area contributed by atoms with E-state index in [1.165, 1.54) is 0 Å². The summed E-state index contributed by atoms with van der Waals surface area (Å²) in [5.41, 5.74) is 0. The Bertz CT molecular complexity index is 108. The zero-order chi connectivity index (χ0) is 7.98. The molecule has 0 bridgehead atoms. The van der Waals surface area contributed by atoms with Crippen LogP contribution in [-0.4, -0.2) is 24.2 Å². The summed E-state index contributed by atoms with van der Waals surface area (Å²) < 4.78 is 0. The topological polar surface area (TPSA) is 41.1 Å². The molecule has 0 heterocycles. The van der Waals surface area contributed by atoms with Crippen LogP contribution in [0.4, 0.5) is 0 Å². The minimum Gasteiger partial charge on any atom is -0.355 e. The largest absolute Gasteiger partial charge is 0.355 e. The van der Waals surface area contributed by atoms with Gasteiger partial charge in [0.2, 0.25) is 5.91 Å². The highest BCUT2D eigenvalue weighted by molar-refractivity contribution is 7.80. The Labute approximate surface area is 71.0 Å². The van der Waals surface area contributed by atoms with Gasteiger partial charge in [-0.25, -0.2) is 4.84 Å². The molecule has 10 heavy (non-hydrogen) atoms. The number of nitrogens with one attached hydrogen (secondary N) is 2. The molecule has 1 atom stereocenters. The zero-order valence-electron chi connectivity index (χ0n) is 5.72. The minimum absolute atomic E-state index is 0.118. The summed E-state index contributed by atoms with van der Waals surface area (Å²) in [5, 5.41) is 2.61. The summed E-state index contributed by atoms with van der Waals surface area (Å²) >= 11 is 9.16. The summed E-state index contributed by atoms with van der Waals surface area (Å²) in [4.78, 5) is 13.2. The Morgan fingerprint density at radius 3 is 2.70 bits per heavy atom. The normalized spacial score (nSPS) is 12.7. The maximum Gasteiger partial charge on any atom is 0.239 e. The molecular formula is C5H11ClN2OS. The third kappa shape index (κ3) is 3.29. The van der Waals surface area contributed by atoms with Gasteiger partial charge in [-0.1, -0.05) is 0 Å². The third-order valence-electron chi connectivity index (χ3n) is 0.982. The molecule has 3 nitrogen and oxygen atoms in total. The highest BCUT2D eigenvalue weighted by atomic mass is 35.5. The smallest absolute Gasteiger partial charge is 0.239 e. The zero-order valence-corrected chi connectivity index (χ0v) is 7.38. The van der Waals surface area contributed by atoms with Gasteiger partial charge < -0.3 is 5.32 Å². The number of amides is 1. The van der Waals surface area contributed by atoms with E-state index in [1.54, 1.807) is 0 Å². The Morgan fingerprint density at radius 1 is 1.80 bits per heavy atom. The van der Waals surface area contributed by atoms with E-state index in [0.717, 1.165) is 0 Å². The van der Waals surface area contributed by atoms with Crippen LogP contribution in [0.25, 0.3) is 0 Å². The van der Waals surface area contributed by atoms with Crippen molar-refractivity contribution in [3.8, 4) is 0 Å². The first-order valence-corrected chi connectivity index (χ1v) is 4.02. The molecule has 0 saturated carbocycles. The summed E-state index contributed by atoms with van der Waals surface area (Å²) in [6.45, 7) is 2.46. The van der Waals surface area contributed by atoms with E-state index in [9.17, 15) is 4.79 Å². The monoisotopic (exact) mass is 182 g/mol. The molecule has 0 aliphatic rings. The molecule has 0 aliphatic carbocycles. The lowest BCUT2D eigenvalue weighted by Gasteiger charge is -2.09. The molecular weight excluding hydrogens is 172 g/mol. The van der Waals surface area contributed by atoms with Crippen molar-refractivity contribution >= 4 is 30.3 Å². The fraction of sp³-hybridized carbons (Fsp3) is 0.800. The Balaban J connectivity index is 3.65. The van der Waals surface area contributed by atoms with Gasteiger partial charge in [0.15, 0.2) is 0 Å². The molecule has 1 amide bonds. The van der Waals surface area contributed by atoms with Gasteiger partial charge in [-0.05, 0) is 18.7 Å². The van der Waals surface area contributed by atoms with Gasteiger partial charge in [0.1, 0.15) is 6.04 Å². The highest BCUT2D eigenvalue weighted by Crippen LogP contribution is 1.88. The van der Waals surface area contributed by atoms with Crippen LogP contribution >= 0.6 is 24.4 Å².